The van der Waals surface area contributed by atoms with Gasteiger partial charge in [0.05, 0.1) is 12.6 Å². The first-order valence-corrected chi connectivity index (χ1v) is 8.04. The van der Waals surface area contributed by atoms with Crippen molar-refractivity contribution in [1.82, 2.24) is 9.88 Å². The van der Waals surface area contributed by atoms with Crippen LogP contribution in [0, 0.1) is 6.92 Å². The molecule has 2 rings (SSSR count). The van der Waals surface area contributed by atoms with Crippen LogP contribution in [0.25, 0.3) is 0 Å². The lowest BCUT2D eigenvalue weighted by Gasteiger charge is -2.26. The van der Waals surface area contributed by atoms with Gasteiger partial charge in [-0.3, -0.25) is 9.59 Å². The summed E-state index contributed by atoms with van der Waals surface area (Å²) in [7, 11) is 0. The van der Waals surface area contributed by atoms with Crippen LogP contribution in [0.15, 0.2) is 47.3 Å². The summed E-state index contributed by atoms with van der Waals surface area (Å²) < 4.78 is 1.38. The number of rotatable bonds is 5. The van der Waals surface area contributed by atoms with Gasteiger partial charge in [0.2, 0.25) is 0 Å². The number of aliphatic hydroxyl groups is 1. The fraction of sp³-hybridized carbons (Fsp3) is 0.333. The molecule has 0 bridgehead atoms. The summed E-state index contributed by atoms with van der Waals surface area (Å²) in [6.45, 7) is 4.84. The van der Waals surface area contributed by atoms with Crippen LogP contribution in [0.4, 0.5) is 0 Å². The molecule has 0 unspecified atom stereocenters. The molecule has 0 saturated heterocycles. The van der Waals surface area contributed by atoms with Crippen molar-refractivity contribution in [2.45, 2.75) is 39.0 Å². The molecule has 1 amide bonds. The second-order valence-electron chi connectivity index (χ2n) is 6.12. The second-order valence-corrected chi connectivity index (χ2v) is 6.55. The van der Waals surface area contributed by atoms with E-state index in [-0.39, 0.29) is 18.1 Å². The summed E-state index contributed by atoms with van der Waals surface area (Å²) >= 11 is 5.96. The Kier molecular flexibility index (Phi) is 5.47. The predicted octanol–water partition coefficient (Wildman–Crippen LogP) is 2.44. The number of pyridine rings is 1. The van der Waals surface area contributed by atoms with Crippen molar-refractivity contribution in [3.05, 3.63) is 69.1 Å². The van der Waals surface area contributed by atoms with E-state index in [0.29, 0.717) is 10.7 Å². The van der Waals surface area contributed by atoms with E-state index in [2.05, 4.69) is 5.32 Å². The summed E-state index contributed by atoms with van der Waals surface area (Å²) in [4.78, 5) is 24.4. The number of carbonyl (C=O) groups excluding carboxylic acids is 1. The van der Waals surface area contributed by atoms with E-state index in [1.54, 1.807) is 44.2 Å². The number of carbonyl (C=O) groups is 1. The second kappa shape index (κ2) is 7.20. The van der Waals surface area contributed by atoms with E-state index in [9.17, 15) is 14.7 Å². The van der Waals surface area contributed by atoms with E-state index in [0.717, 1.165) is 5.56 Å². The molecule has 24 heavy (non-hydrogen) atoms. The fourth-order valence-electron chi connectivity index (χ4n) is 2.42. The molecule has 0 aliphatic rings. The molecule has 128 valence electrons. The van der Waals surface area contributed by atoms with Gasteiger partial charge in [-0.1, -0.05) is 29.8 Å². The maximum absolute atomic E-state index is 12.5. The molecule has 0 aliphatic carbocycles. The number of hydrogen-bond donors (Lipinski definition) is 2. The van der Waals surface area contributed by atoms with Crippen LogP contribution in [-0.4, -0.2) is 21.2 Å². The third-order valence-corrected chi connectivity index (χ3v) is 4.15. The van der Waals surface area contributed by atoms with Gasteiger partial charge < -0.3 is 15.0 Å². The Morgan fingerprint density at radius 1 is 1.33 bits per heavy atom. The summed E-state index contributed by atoms with van der Waals surface area (Å²) in [6.07, 6.45) is 0. The highest BCUT2D eigenvalue weighted by molar-refractivity contribution is 6.30. The van der Waals surface area contributed by atoms with Gasteiger partial charge in [-0.2, -0.15) is 0 Å². The first-order chi connectivity index (χ1) is 11.2. The fourth-order valence-corrected chi connectivity index (χ4v) is 2.62. The topological polar surface area (TPSA) is 71.3 Å². The highest BCUT2D eigenvalue weighted by atomic mass is 35.5. The lowest BCUT2D eigenvalue weighted by atomic mass is 10.0. The minimum Gasteiger partial charge on any atom is -0.378 e. The molecule has 5 nitrogen and oxygen atoms in total. The van der Waals surface area contributed by atoms with Gasteiger partial charge in [-0.15, -0.1) is 0 Å². The molecule has 0 spiro atoms. The van der Waals surface area contributed by atoms with E-state index in [4.69, 9.17) is 11.6 Å². The zero-order chi connectivity index (χ0) is 17.9. The molecule has 2 aromatic rings. The number of nitrogens with zero attached hydrogens (tertiary/aromatic N) is 1. The van der Waals surface area contributed by atoms with Crippen molar-refractivity contribution in [3.8, 4) is 0 Å². The Hall–Kier alpha value is -2.11. The Labute approximate surface area is 145 Å². The van der Waals surface area contributed by atoms with Gasteiger partial charge in [0.15, 0.2) is 5.60 Å². The molecule has 6 heteroatoms. The average molecular weight is 349 g/mol. The van der Waals surface area contributed by atoms with E-state index in [1.165, 1.54) is 17.6 Å². The van der Waals surface area contributed by atoms with Crippen molar-refractivity contribution in [2.75, 3.05) is 0 Å². The molecule has 0 saturated carbocycles. The minimum atomic E-state index is -1.72. The van der Waals surface area contributed by atoms with Crippen LogP contribution in [0.3, 0.4) is 0 Å². The molecule has 1 aromatic heterocycles. The average Bonchev–Trinajstić information content (AvgIpc) is 2.51. The molecule has 2 atom stereocenters. The quantitative estimate of drug-likeness (QED) is 0.871. The maximum atomic E-state index is 12.5. The summed E-state index contributed by atoms with van der Waals surface area (Å²) in [6, 6.07) is 11.6. The SMILES string of the molecule is Cc1cccc(=O)n1C[C@](C)(O)C(=O)N[C@@H](C)c1cccc(Cl)c1. The standard InChI is InChI=1S/C18H21ClN2O3/c1-12-6-4-9-16(22)21(12)11-18(3,24)17(23)20-13(2)14-7-5-8-15(19)10-14/h4-10,13,24H,11H2,1-3H3,(H,20,23)/t13-,18-/m0/s1. The summed E-state index contributed by atoms with van der Waals surface area (Å²) in [5.41, 5.74) is -0.466. The lowest BCUT2D eigenvalue weighted by molar-refractivity contribution is -0.140. The first-order valence-electron chi connectivity index (χ1n) is 7.66. The Morgan fingerprint density at radius 3 is 2.62 bits per heavy atom. The van der Waals surface area contributed by atoms with Crippen molar-refractivity contribution >= 4 is 17.5 Å². The smallest absolute Gasteiger partial charge is 0.254 e. The number of nitrogens with one attached hydrogen (secondary N) is 1. The van der Waals surface area contributed by atoms with E-state index < -0.39 is 11.5 Å². The van der Waals surface area contributed by atoms with Crippen molar-refractivity contribution in [2.24, 2.45) is 0 Å². The van der Waals surface area contributed by atoms with Gasteiger partial charge in [-0.05, 0) is 44.5 Å². The summed E-state index contributed by atoms with van der Waals surface area (Å²) in [5.74, 6) is -0.551. The summed E-state index contributed by atoms with van der Waals surface area (Å²) in [5, 5.41) is 13.9. The molecule has 2 N–H and O–H groups in total. The van der Waals surface area contributed by atoms with Gasteiger partial charge in [0, 0.05) is 16.8 Å². The van der Waals surface area contributed by atoms with Gasteiger partial charge in [-0.25, -0.2) is 0 Å². The maximum Gasteiger partial charge on any atom is 0.254 e. The monoisotopic (exact) mass is 348 g/mol. The van der Waals surface area contributed by atoms with Crippen molar-refractivity contribution in [3.63, 3.8) is 0 Å². The van der Waals surface area contributed by atoms with E-state index >= 15 is 0 Å². The van der Waals surface area contributed by atoms with Crippen LogP contribution >= 0.6 is 11.6 Å². The van der Waals surface area contributed by atoms with Crippen molar-refractivity contribution in [1.29, 1.82) is 0 Å². The van der Waals surface area contributed by atoms with Crippen LogP contribution < -0.4 is 10.9 Å². The number of aryl methyl sites for hydroxylation is 1. The number of halogens is 1. The molecular weight excluding hydrogens is 328 g/mol. The molecular formula is C18H21ClN2O3. The third-order valence-electron chi connectivity index (χ3n) is 3.92. The van der Waals surface area contributed by atoms with E-state index in [1.807, 2.05) is 6.07 Å². The van der Waals surface area contributed by atoms with Crippen molar-refractivity contribution < 1.29 is 9.90 Å². The largest absolute Gasteiger partial charge is 0.378 e. The number of amides is 1. The van der Waals surface area contributed by atoms with Crippen LogP contribution in [0.2, 0.25) is 5.02 Å². The first kappa shape index (κ1) is 18.2. The lowest BCUT2D eigenvalue weighted by Crippen LogP contribution is -2.49. The Morgan fingerprint density at radius 2 is 2.00 bits per heavy atom. The molecule has 0 radical (unpaired) electrons. The zero-order valence-corrected chi connectivity index (χ0v) is 14.7. The predicted molar refractivity (Wildman–Crippen MR) is 94.1 cm³/mol. The van der Waals surface area contributed by atoms with Crippen LogP contribution in [0.1, 0.15) is 31.1 Å². The molecule has 1 heterocycles. The highest BCUT2D eigenvalue weighted by Crippen LogP contribution is 2.18. The molecule has 0 aliphatic heterocycles. The third kappa shape index (κ3) is 4.24. The highest BCUT2D eigenvalue weighted by Gasteiger charge is 2.32. The normalized spacial score (nSPS) is 14.7. The number of aromatic nitrogens is 1. The molecule has 0 fully saturated rings. The van der Waals surface area contributed by atoms with Crippen LogP contribution in [-0.2, 0) is 11.3 Å². The number of benzene rings is 1. The van der Waals surface area contributed by atoms with Gasteiger partial charge >= 0.3 is 0 Å². The van der Waals surface area contributed by atoms with Gasteiger partial charge in [0.1, 0.15) is 0 Å². The number of hydrogen-bond acceptors (Lipinski definition) is 3. The zero-order valence-electron chi connectivity index (χ0n) is 13.9. The Bertz CT molecular complexity index is 799. The molecule has 1 aromatic carbocycles. The minimum absolute atomic E-state index is 0.118. The Balaban J connectivity index is 2.14. The van der Waals surface area contributed by atoms with Gasteiger partial charge in [0.25, 0.3) is 11.5 Å². The van der Waals surface area contributed by atoms with Crippen LogP contribution in [0.5, 0.6) is 0 Å².